The largest absolute Gasteiger partial charge is 0.330 e. The quantitative estimate of drug-likeness (QED) is 0.695. The Morgan fingerprint density at radius 2 is 1.75 bits per heavy atom. The molecule has 0 heterocycles. The smallest absolute Gasteiger partial charge is 0.0294 e. The maximum absolute atomic E-state index is 6.29. The van der Waals surface area contributed by atoms with E-state index in [9.17, 15) is 0 Å². The van der Waals surface area contributed by atoms with Gasteiger partial charge >= 0.3 is 0 Å². The van der Waals surface area contributed by atoms with E-state index in [2.05, 4.69) is 42.5 Å². The highest BCUT2D eigenvalue weighted by Crippen LogP contribution is 2.37. The number of nitrogens with two attached hydrogens (primary N) is 2. The average Bonchev–Trinajstić information content (AvgIpc) is 2.85. The second-order valence-electron chi connectivity index (χ2n) is 5.64. The van der Waals surface area contributed by atoms with E-state index in [0.29, 0.717) is 0 Å². The maximum atomic E-state index is 6.29. The molecule has 3 rings (SSSR count). The lowest BCUT2D eigenvalue weighted by Gasteiger charge is -2.13. The Balaban J connectivity index is 1.80. The van der Waals surface area contributed by atoms with Gasteiger partial charge < -0.3 is 11.5 Å². The first kappa shape index (κ1) is 13.3. The molecule has 0 radical (unpaired) electrons. The summed E-state index contributed by atoms with van der Waals surface area (Å²) < 4.78 is 0. The lowest BCUT2D eigenvalue weighted by molar-refractivity contribution is 0.591. The molecule has 4 N–H and O–H groups in total. The number of benzene rings is 2. The first-order valence-corrected chi connectivity index (χ1v) is 7.46. The van der Waals surface area contributed by atoms with Crippen molar-refractivity contribution >= 4 is 0 Å². The van der Waals surface area contributed by atoms with Crippen LogP contribution < -0.4 is 11.5 Å². The van der Waals surface area contributed by atoms with Crippen molar-refractivity contribution in [1.29, 1.82) is 0 Å². The zero-order chi connectivity index (χ0) is 13.9. The van der Waals surface area contributed by atoms with Gasteiger partial charge in [-0.25, -0.2) is 0 Å². The Labute approximate surface area is 120 Å². The number of fused-ring (bicyclic) bond motifs is 3. The van der Waals surface area contributed by atoms with Crippen molar-refractivity contribution < 1.29 is 0 Å². The average molecular weight is 266 g/mol. The summed E-state index contributed by atoms with van der Waals surface area (Å²) in [5.74, 6) is 0. The topological polar surface area (TPSA) is 52.0 Å². The Hall–Kier alpha value is -1.64. The molecule has 0 saturated carbocycles. The standard InChI is InChI=1S/C18H22N2/c19-10-4-3-7-18(20)14-8-9-17-15(12-14)11-13-5-1-2-6-16(13)17/h1-2,5-6,8-9,12,18H,3-4,7,10-11,19-20H2/t18-/m1/s1. The Kier molecular flexibility index (Phi) is 3.86. The van der Waals surface area contributed by atoms with Gasteiger partial charge in [0, 0.05) is 6.04 Å². The maximum Gasteiger partial charge on any atom is 0.0294 e. The number of hydrogen-bond donors (Lipinski definition) is 2. The summed E-state index contributed by atoms with van der Waals surface area (Å²) in [4.78, 5) is 0. The number of rotatable bonds is 5. The van der Waals surface area contributed by atoms with Crippen LogP contribution >= 0.6 is 0 Å². The summed E-state index contributed by atoms with van der Waals surface area (Å²) in [6, 6.07) is 15.5. The summed E-state index contributed by atoms with van der Waals surface area (Å²) in [6.45, 7) is 0.756. The fourth-order valence-electron chi connectivity index (χ4n) is 3.07. The van der Waals surface area contributed by atoms with Gasteiger partial charge in [0.25, 0.3) is 0 Å². The Bertz CT molecular complexity index is 604. The third kappa shape index (κ3) is 2.49. The van der Waals surface area contributed by atoms with E-state index in [1.807, 2.05) is 0 Å². The van der Waals surface area contributed by atoms with Crippen LogP contribution in [0.2, 0.25) is 0 Å². The molecule has 104 valence electrons. The Morgan fingerprint density at radius 3 is 2.60 bits per heavy atom. The van der Waals surface area contributed by atoms with E-state index >= 15 is 0 Å². The Morgan fingerprint density at radius 1 is 0.950 bits per heavy atom. The molecule has 0 bridgehead atoms. The van der Waals surface area contributed by atoms with Gasteiger partial charge in [-0.15, -0.1) is 0 Å². The van der Waals surface area contributed by atoms with Gasteiger partial charge in [0.1, 0.15) is 0 Å². The third-order valence-corrected chi connectivity index (χ3v) is 4.22. The molecule has 2 nitrogen and oxygen atoms in total. The highest BCUT2D eigenvalue weighted by Gasteiger charge is 2.18. The zero-order valence-electron chi connectivity index (χ0n) is 11.8. The molecule has 1 aliphatic rings. The summed E-state index contributed by atoms with van der Waals surface area (Å²) in [5, 5.41) is 0. The third-order valence-electron chi connectivity index (χ3n) is 4.22. The van der Waals surface area contributed by atoms with E-state index in [1.54, 1.807) is 0 Å². The molecule has 0 aromatic heterocycles. The molecule has 0 unspecified atom stereocenters. The molecule has 0 amide bonds. The van der Waals surface area contributed by atoms with Gasteiger partial charge in [-0.2, -0.15) is 0 Å². The van der Waals surface area contributed by atoms with Crippen LogP contribution in [0.3, 0.4) is 0 Å². The van der Waals surface area contributed by atoms with E-state index < -0.39 is 0 Å². The van der Waals surface area contributed by atoms with Gasteiger partial charge in [0.15, 0.2) is 0 Å². The second kappa shape index (κ2) is 5.78. The molecule has 2 heteroatoms. The molecule has 1 aliphatic carbocycles. The number of unbranched alkanes of at least 4 members (excludes halogenated alkanes) is 1. The fraction of sp³-hybridized carbons (Fsp3) is 0.333. The molecule has 0 aliphatic heterocycles. The fourth-order valence-corrected chi connectivity index (χ4v) is 3.07. The predicted octanol–water partition coefficient (Wildman–Crippen LogP) is 3.39. The van der Waals surface area contributed by atoms with Crippen LogP contribution in [-0.2, 0) is 6.42 Å². The van der Waals surface area contributed by atoms with E-state index in [-0.39, 0.29) is 6.04 Å². The van der Waals surface area contributed by atoms with Gasteiger partial charge in [0.05, 0.1) is 0 Å². The molecular formula is C18H22N2. The molecule has 2 aromatic rings. The van der Waals surface area contributed by atoms with Crippen LogP contribution in [0.4, 0.5) is 0 Å². The van der Waals surface area contributed by atoms with Crippen molar-refractivity contribution in [2.75, 3.05) is 6.54 Å². The first-order chi connectivity index (χ1) is 9.79. The lowest BCUT2D eigenvalue weighted by atomic mass is 9.97. The molecular weight excluding hydrogens is 244 g/mol. The van der Waals surface area contributed by atoms with Crippen molar-refractivity contribution in [3.8, 4) is 11.1 Å². The van der Waals surface area contributed by atoms with Crippen LogP contribution in [0.15, 0.2) is 42.5 Å². The summed E-state index contributed by atoms with van der Waals surface area (Å²) in [6.07, 6.45) is 4.22. The van der Waals surface area contributed by atoms with E-state index in [0.717, 1.165) is 32.2 Å². The normalized spacial score (nSPS) is 13.9. The molecule has 0 fully saturated rings. The lowest BCUT2D eigenvalue weighted by Crippen LogP contribution is -2.11. The molecule has 0 saturated heterocycles. The van der Waals surface area contributed by atoms with Gasteiger partial charge in [-0.1, -0.05) is 48.9 Å². The van der Waals surface area contributed by atoms with Crippen molar-refractivity contribution in [3.05, 3.63) is 59.2 Å². The summed E-state index contributed by atoms with van der Waals surface area (Å²) >= 11 is 0. The van der Waals surface area contributed by atoms with Crippen molar-refractivity contribution in [1.82, 2.24) is 0 Å². The van der Waals surface area contributed by atoms with E-state index in [1.165, 1.54) is 27.8 Å². The van der Waals surface area contributed by atoms with Crippen LogP contribution in [0.5, 0.6) is 0 Å². The minimum Gasteiger partial charge on any atom is -0.330 e. The van der Waals surface area contributed by atoms with Crippen molar-refractivity contribution in [2.24, 2.45) is 11.5 Å². The zero-order valence-corrected chi connectivity index (χ0v) is 11.8. The first-order valence-electron chi connectivity index (χ1n) is 7.46. The highest BCUT2D eigenvalue weighted by atomic mass is 14.6. The van der Waals surface area contributed by atoms with Gasteiger partial charge in [-0.05, 0) is 53.6 Å². The van der Waals surface area contributed by atoms with Crippen LogP contribution in [0.1, 0.15) is 42.0 Å². The second-order valence-corrected chi connectivity index (χ2v) is 5.64. The van der Waals surface area contributed by atoms with Crippen molar-refractivity contribution in [2.45, 2.75) is 31.7 Å². The highest BCUT2D eigenvalue weighted by molar-refractivity contribution is 5.76. The minimum absolute atomic E-state index is 0.135. The molecule has 0 spiro atoms. The van der Waals surface area contributed by atoms with Crippen LogP contribution in [0, 0.1) is 0 Å². The van der Waals surface area contributed by atoms with Crippen molar-refractivity contribution in [3.63, 3.8) is 0 Å². The van der Waals surface area contributed by atoms with Gasteiger partial charge in [-0.3, -0.25) is 0 Å². The van der Waals surface area contributed by atoms with E-state index in [4.69, 9.17) is 11.5 Å². The summed E-state index contributed by atoms with van der Waals surface area (Å²) in [7, 11) is 0. The van der Waals surface area contributed by atoms with Crippen LogP contribution in [0.25, 0.3) is 11.1 Å². The molecule has 20 heavy (non-hydrogen) atoms. The van der Waals surface area contributed by atoms with Gasteiger partial charge in [0.2, 0.25) is 0 Å². The number of hydrogen-bond acceptors (Lipinski definition) is 2. The SMILES string of the molecule is NCCCC[C@@H](N)c1ccc2c(c1)Cc1ccccc1-2. The monoisotopic (exact) mass is 266 g/mol. The molecule has 2 aromatic carbocycles. The molecule has 1 atom stereocenters. The van der Waals surface area contributed by atoms with Crippen LogP contribution in [-0.4, -0.2) is 6.54 Å². The minimum atomic E-state index is 0.135. The predicted molar refractivity (Wildman–Crippen MR) is 84.5 cm³/mol. The summed E-state index contributed by atoms with van der Waals surface area (Å²) in [5.41, 5.74) is 18.7.